The van der Waals surface area contributed by atoms with Crippen LogP contribution in [0.5, 0.6) is 0 Å². The summed E-state index contributed by atoms with van der Waals surface area (Å²) in [4.78, 5) is 0. The molecule has 4 atom stereocenters. The van der Waals surface area contributed by atoms with Crippen LogP contribution in [-0.2, 0) is 4.74 Å². The molecule has 1 heterocycles. The van der Waals surface area contributed by atoms with Gasteiger partial charge in [-0.05, 0) is 6.92 Å². The lowest BCUT2D eigenvalue weighted by Gasteiger charge is -2.09. The standard InChI is InChI=1S/C6H9ClO3/c1-3-5(7)6(9)4(2-8)10-3/h1,3-6,8-9H,2H2/t3?,4-,5?,6+/m1/s1. The minimum Gasteiger partial charge on any atom is -0.394 e. The van der Waals surface area contributed by atoms with Gasteiger partial charge in [-0.1, -0.05) is 0 Å². The van der Waals surface area contributed by atoms with Gasteiger partial charge >= 0.3 is 0 Å². The average molecular weight is 165 g/mol. The molecular formula is C6H9ClO3. The molecule has 2 N–H and O–H groups in total. The summed E-state index contributed by atoms with van der Waals surface area (Å²) in [6.45, 7) is 5.06. The van der Waals surface area contributed by atoms with Crippen LogP contribution in [0.25, 0.3) is 0 Å². The average Bonchev–Trinajstić information content (AvgIpc) is 2.17. The Morgan fingerprint density at radius 1 is 1.60 bits per heavy atom. The third-order valence-corrected chi connectivity index (χ3v) is 2.04. The molecule has 0 aromatic heterocycles. The second-order valence-electron chi connectivity index (χ2n) is 2.26. The van der Waals surface area contributed by atoms with Crippen molar-refractivity contribution in [1.29, 1.82) is 0 Å². The second-order valence-corrected chi connectivity index (χ2v) is 2.76. The number of alkyl halides is 1. The van der Waals surface area contributed by atoms with E-state index in [0.717, 1.165) is 0 Å². The quantitative estimate of drug-likeness (QED) is 0.510. The first-order valence-electron chi connectivity index (χ1n) is 3.01. The van der Waals surface area contributed by atoms with E-state index in [4.69, 9.17) is 33.5 Å². The molecule has 0 aromatic carbocycles. The third-order valence-electron chi connectivity index (χ3n) is 1.53. The summed E-state index contributed by atoms with van der Waals surface area (Å²) in [5, 5.41) is 17.1. The molecule has 1 saturated heterocycles. The SMILES string of the molecule is [CH]C1O[C@H](CO)[C@H](O)C1Cl. The number of aliphatic hydroxyl groups is 2. The van der Waals surface area contributed by atoms with E-state index >= 15 is 0 Å². The Morgan fingerprint density at radius 2 is 2.20 bits per heavy atom. The molecule has 1 rings (SSSR count). The minimum absolute atomic E-state index is 0.252. The number of hydrogen-bond donors (Lipinski definition) is 2. The minimum atomic E-state index is -0.860. The van der Waals surface area contributed by atoms with Crippen LogP contribution in [0.1, 0.15) is 0 Å². The molecule has 1 aliphatic rings. The molecule has 2 unspecified atom stereocenters. The van der Waals surface area contributed by atoms with E-state index in [2.05, 4.69) is 0 Å². The van der Waals surface area contributed by atoms with Crippen molar-refractivity contribution in [3.05, 3.63) is 6.92 Å². The molecular weight excluding hydrogens is 156 g/mol. The van der Waals surface area contributed by atoms with Gasteiger partial charge in [0.1, 0.15) is 12.2 Å². The highest BCUT2D eigenvalue weighted by Crippen LogP contribution is 2.24. The van der Waals surface area contributed by atoms with Gasteiger partial charge in [0.2, 0.25) is 0 Å². The van der Waals surface area contributed by atoms with Gasteiger partial charge in [0.05, 0.1) is 18.1 Å². The van der Waals surface area contributed by atoms with Crippen molar-refractivity contribution in [3.8, 4) is 0 Å². The fraction of sp³-hybridized carbons (Fsp3) is 0.833. The molecule has 1 aliphatic heterocycles. The number of aliphatic hydroxyl groups excluding tert-OH is 2. The van der Waals surface area contributed by atoms with Crippen molar-refractivity contribution in [3.63, 3.8) is 0 Å². The predicted octanol–water partition coefficient (Wildman–Crippen LogP) is -0.575. The summed E-state index contributed by atoms with van der Waals surface area (Å²) in [5.41, 5.74) is 0. The van der Waals surface area contributed by atoms with Crippen LogP contribution in [0, 0.1) is 6.92 Å². The van der Waals surface area contributed by atoms with Crippen molar-refractivity contribution in [2.75, 3.05) is 6.61 Å². The summed E-state index contributed by atoms with van der Waals surface area (Å²) < 4.78 is 4.88. The van der Waals surface area contributed by atoms with Crippen LogP contribution in [-0.4, -0.2) is 40.5 Å². The first-order chi connectivity index (χ1) is 4.66. The molecule has 0 saturated carbocycles. The van der Waals surface area contributed by atoms with Crippen molar-refractivity contribution in [2.24, 2.45) is 0 Å². The monoisotopic (exact) mass is 164 g/mol. The highest BCUT2D eigenvalue weighted by Gasteiger charge is 2.39. The van der Waals surface area contributed by atoms with Gasteiger partial charge in [0.15, 0.2) is 0 Å². The topological polar surface area (TPSA) is 49.7 Å². The second kappa shape index (κ2) is 3.05. The fourth-order valence-corrected chi connectivity index (χ4v) is 1.13. The predicted molar refractivity (Wildman–Crippen MR) is 35.7 cm³/mol. The van der Waals surface area contributed by atoms with Gasteiger partial charge in [-0.15, -0.1) is 11.6 Å². The van der Waals surface area contributed by atoms with E-state index in [1.807, 2.05) is 0 Å². The third kappa shape index (κ3) is 1.27. The van der Waals surface area contributed by atoms with Crippen LogP contribution in [0.4, 0.5) is 0 Å². The van der Waals surface area contributed by atoms with Crippen molar-refractivity contribution in [1.82, 2.24) is 0 Å². The van der Waals surface area contributed by atoms with Gasteiger partial charge in [0, 0.05) is 0 Å². The lowest BCUT2D eigenvalue weighted by molar-refractivity contribution is -0.0112. The zero-order valence-electron chi connectivity index (χ0n) is 5.27. The Kier molecular flexibility index (Phi) is 2.52. The number of ether oxygens (including phenoxy) is 1. The van der Waals surface area contributed by atoms with Gasteiger partial charge in [-0.3, -0.25) is 0 Å². The Hall–Kier alpha value is 0.170. The van der Waals surface area contributed by atoms with Crippen LogP contribution >= 0.6 is 11.6 Å². The van der Waals surface area contributed by atoms with Crippen molar-refractivity contribution < 1.29 is 14.9 Å². The van der Waals surface area contributed by atoms with Gasteiger partial charge in [-0.25, -0.2) is 0 Å². The Morgan fingerprint density at radius 3 is 2.40 bits per heavy atom. The van der Waals surface area contributed by atoms with Crippen LogP contribution < -0.4 is 0 Å². The largest absolute Gasteiger partial charge is 0.394 e. The first-order valence-corrected chi connectivity index (χ1v) is 3.44. The molecule has 58 valence electrons. The van der Waals surface area contributed by atoms with E-state index in [9.17, 15) is 0 Å². The summed E-state index contributed by atoms with van der Waals surface area (Å²) in [7, 11) is 0. The highest BCUT2D eigenvalue weighted by atomic mass is 35.5. The maximum atomic E-state index is 9.13. The Bertz CT molecular complexity index is 120. The van der Waals surface area contributed by atoms with Gasteiger partial charge in [-0.2, -0.15) is 0 Å². The van der Waals surface area contributed by atoms with E-state index in [1.54, 1.807) is 0 Å². The van der Waals surface area contributed by atoms with E-state index in [1.165, 1.54) is 0 Å². The van der Waals surface area contributed by atoms with Crippen LogP contribution in [0.2, 0.25) is 0 Å². The Labute approximate surface area is 64.6 Å². The maximum absolute atomic E-state index is 9.13. The number of rotatable bonds is 1. The molecule has 0 aromatic rings. The molecule has 0 amide bonds. The molecule has 4 heteroatoms. The molecule has 0 bridgehead atoms. The van der Waals surface area contributed by atoms with E-state index in [0.29, 0.717) is 0 Å². The van der Waals surface area contributed by atoms with Gasteiger partial charge in [0.25, 0.3) is 0 Å². The normalized spacial score (nSPS) is 48.0. The summed E-state index contributed by atoms with van der Waals surface area (Å²) in [6, 6.07) is 0. The van der Waals surface area contributed by atoms with E-state index in [-0.39, 0.29) is 6.61 Å². The van der Waals surface area contributed by atoms with E-state index < -0.39 is 23.7 Å². The summed E-state index contributed by atoms with van der Waals surface area (Å²) in [5.74, 6) is 0. The molecule has 3 nitrogen and oxygen atoms in total. The zero-order valence-corrected chi connectivity index (χ0v) is 6.03. The lowest BCUT2D eigenvalue weighted by atomic mass is 10.1. The van der Waals surface area contributed by atoms with Crippen LogP contribution in [0.15, 0.2) is 0 Å². The fourth-order valence-electron chi connectivity index (χ4n) is 0.908. The molecule has 2 radical (unpaired) electrons. The Balaban J connectivity index is 2.53. The first kappa shape index (κ1) is 8.27. The molecule has 0 aliphatic carbocycles. The number of halogens is 1. The lowest BCUT2D eigenvalue weighted by Crippen LogP contribution is -2.29. The summed E-state index contributed by atoms with van der Waals surface area (Å²) in [6.07, 6.45) is -2.16. The number of hydrogen-bond acceptors (Lipinski definition) is 3. The molecule has 1 fully saturated rings. The van der Waals surface area contributed by atoms with Crippen molar-refractivity contribution in [2.45, 2.75) is 23.7 Å². The summed E-state index contributed by atoms with van der Waals surface area (Å²) >= 11 is 5.58. The van der Waals surface area contributed by atoms with Gasteiger partial charge < -0.3 is 14.9 Å². The highest BCUT2D eigenvalue weighted by molar-refractivity contribution is 6.21. The van der Waals surface area contributed by atoms with Crippen LogP contribution in [0.3, 0.4) is 0 Å². The smallest absolute Gasteiger partial charge is 0.108 e. The molecule has 10 heavy (non-hydrogen) atoms. The van der Waals surface area contributed by atoms with Crippen molar-refractivity contribution >= 4 is 11.6 Å². The maximum Gasteiger partial charge on any atom is 0.108 e. The zero-order chi connectivity index (χ0) is 7.72. The molecule has 0 spiro atoms.